The maximum absolute atomic E-state index is 5.56. The molecule has 0 spiro atoms. The molecule has 1 aromatic rings. The van der Waals surface area contributed by atoms with Crippen LogP contribution in [0.4, 0.5) is 0 Å². The summed E-state index contributed by atoms with van der Waals surface area (Å²) in [5.41, 5.74) is 1.35. The molecule has 1 heterocycles. The Kier molecular flexibility index (Phi) is 3.99. The average Bonchev–Trinajstić information content (AvgIpc) is 2.07. The minimum absolute atomic E-state index is 0.769. The van der Waals surface area contributed by atoms with Crippen molar-refractivity contribution >= 4 is 11.6 Å². The van der Waals surface area contributed by atoms with E-state index >= 15 is 0 Å². The molecule has 11 heavy (non-hydrogen) atoms. The van der Waals surface area contributed by atoms with Crippen molar-refractivity contribution < 1.29 is 0 Å². The van der Waals surface area contributed by atoms with Gasteiger partial charge >= 0.3 is 0 Å². The first-order valence-corrected chi connectivity index (χ1v) is 4.42. The SMILES string of the molecule is ClCCCCc1ccncc1. The predicted molar refractivity (Wildman–Crippen MR) is 47.9 cm³/mol. The number of alkyl halides is 1. The fraction of sp³-hybridized carbons (Fsp3) is 0.444. The fourth-order valence-corrected chi connectivity index (χ4v) is 1.16. The summed E-state index contributed by atoms with van der Waals surface area (Å²) in [6, 6.07) is 4.10. The van der Waals surface area contributed by atoms with E-state index in [0.29, 0.717) is 0 Å². The third-order valence-electron chi connectivity index (χ3n) is 1.60. The molecule has 0 aliphatic rings. The summed E-state index contributed by atoms with van der Waals surface area (Å²) < 4.78 is 0. The summed E-state index contributed by atoms with van der Waals surface area (Å²) in [4.78, 5) is 3.95. The third kappa shape index (κ3) is 3.38. The van der Waals surface area contributed by atoms with Gasteiger partial charge < -0.3 is 0 Å². The molecule has 0 N–H and O–H groups in total. The normalized spacial score (nSPS) is 9.91. The third-order valence-corrected chi connectivity index (χ3v) is 1.87. The first-order valence-electron chi connectivity index (χ1n) is 3.88. The van der Waals surface area contributed by atoms with Crippen LogP contribution >= 0.6 is 11.6 Å². The number of hydrogen-bond donors (Lipinski definition) is 0. The van der Waals surface area contributed by atoms with E-state index in [-0.39, 0.29) is 0 Å². The second-order valence-electron chi connectivity index (χ2n) is 2.50. The number of pyridine rings is 1. The molecular weight excluding hydrogens is 158 g/mol. The van der Waals surface area contributed by atoms with Gasteiger partial charge in [-0.2, -0.15) is 0 Å². The molecule has 0 bridgehead atoms. The average molecular weight is 170 g/mol. The second kappa shape index (κ2) is 5.14. The van der Waals surface area contributed by atoms with Gasteiger partial charge in [0.05, 0.1) is 0 Å². The molecule has 0 fully saturated rings. The number of aromatic nitrogens is 1. The maximum atomic E-state index is 5.56. The van der Waals surface area contributed by atoms with E-state index in [1.165, 1.54) is 12.0 Å². The summed E-state index contributed by atoms with van der Waals surface area (Å²) in [5, 5.41) is 0. The lowest BCUT2D eigenvalue weighted by molar-refractivity contribution is 0.798. The van der Waals surface area contributed by atoms with Gasteiger partial charge in [-0.3, -0.25) is 4.98 Å². The van der Waals surface area contributed by atoms with Crippen LogP contribution in [0.5, 0.6) is 0 Å². The van der Waals surface area contributed by atoms with Crippen LogP contribution in [-0.2, 0) is 6.42 Å². The highest BCUT2D eigenvalue weighted by atomic mass is 35.5. The Hall–Kier alpha value is -0.560. The quantitative estimate of drug-likeness (QED) is 0.499. The smallest absolute Gasteiger partial charge is 0.0270 e. The van der Waals surface area contributed by atoms with Crippen molar-refractivity contribution in [2.24, 2.45) is 0 Å². The van der Waals surface area contributed by atoms with Gasteiger partial charge in [-0.25, -0.2) is 0 Å². The van der Waals surface area contributed by atoms with E-state index in [4.69, 9.17) is 11.6 Å². The Morgan fingerprint density at radius 3 is 2.55 bits per heavy atom. The number of hydrogen-bond acceptors (Lipinski definition) is 1. The molecule has 0 atom stereocenters. The minimum atomic E-state index is 0.769. The zero-order valence-corrected chi connectivity index (χ0v) is 7.22. The molecule has 1 rings (SSSR count). The Morgan fingerprint density at radius 2 is 1.91 bits per heavy atom. The highest BCUT2D eigenvalue weighted by molar-refractivity contribution is 6.17. The Bertz CT molecular complexity index is 186. The molecule has 0 saturated carbocycles. The fourth-order valence-electron chi connectivity index (χ4n) is 0.973. The van der Waals surface area contributed by atoms with Gasteiger partial charge in [0.1, 0.15) is 0 Å². The highest BCUT2D eigenvalue weighted by Crippen LogP contribution is 2.03. The lowest BCUT2D eigenvalue weighted by Gasteiger charge is -1.97. The molecule has 2 heteroatoms. The van der Waals surface area contributed by atoms with Gasteiger partial charge in [0.15, 0.2) is 0 Å². The Morgan fingerprint density at radius 1 is 1.18 bits per heavy atom. The first kappa shape index (κ1) is 8.54. The molecule has 0 aliphatic heterocycles. The number of nitrogens with zero attached hydrogens (tertiary/aromatic N) is 1. The summed E-state index contributed by atoms with van der Waals surface area (Å²) >= 11 is 5.56. The molecule has 1 nitrogen and oxygen atoms in total. The van der Waals surface area contributed by atoms with Crippen LogP contribution in [0.15, 0.2) is 24.5 Å². The molecule has 0 aliphatic carbocycles. The summed E-state index contributed by atoms with van der Waals surface area (Å²) in [6.07, 6.45) is 7.05. The molecule has 0 aromatic carbocycles. The van der Waals surface area contributed by atoms with Crippen LogP contribution in [0.25, 0.3) is 0 Å². The predicted octanol–water partition coefficient (Wildman–Crippen LogP) is 2.64. The zero-order valence-electron chi connectivity index (χ0n) is 6.46. The Balaban J connectivity index is 2.28. The molecular formula is C9H12ClN. The standard InChI is InChI=1S/C9H12ClN/c10-6-2-1-3-9-4-7-11-8-5-9/h4-5,7-8H,1-3,6H2. The van der Waals surface area contributed by atoms with E-state index in [9.17, 15) is 0 Å². The number of rotatable bonds is 4. The molecule has 0 unspecified atom stereocenters. The molecule has 1 aromatic heterocycles. The first-order chi connectivity index (χ1) is 5.43. The van der Waals surface area contributed by atoms with E-state index in [1.807, 2.05) is 24.5 Å². The highest BCUT2D eigenvalue weighted by Gasteiger charge is 1.90. The van der Waals surface area contributed by atoms with E-state index in [2.05, 4.69) is 4.98 Å². The van der Waals surface area contributed by atoms with Crippen molar-refractivity contribution in [3.63, 3.8) is 0 Å². The molecule has 0 radical (unpaired) electrons. The van der Waals surface area contributed by atoms with Crippen molar-refractivity contribution in [3.8, 4) is 0 Å². The van der Waals surface area contributed by atoms with Crippen molar-refractivity contribution in [2.45, 2.75) is 19.3 Å². The number of unbranched alkanes of at least 4 members (excludes halogenated alkanes) is 1. The van der Waals surface area contributed by atoms with Crippen molar-refractivity contribution in [1.82, 2.24) is 4.98 Å². The Labute approximate surface area is 72.4 Å². The van der Waals surface area contributed by atoms with Gasteiger partial charge in [-0.05, 0) is 37.0 Å². The molecule has 0 amide bonds. The number of aryl methyl sites for hydroxylation is 1. The van der Waals surface area contributed by atoms with Gasteiger partial charge in [0, 0.05) is 18.3 Å². The van der Waals surface area contributed by atoms with Crippen molar-refractivity contribution in [3.05, 3.63) is 30.1 Å². The van der Waals surface area contributed by atoms with Crippen LogP contribution in [0.2, 0.25) is 0 Å². The lowest BCUT2D eigenvalue weighted by atomic mass is 10.1. The van der Waals surface area contributed by atoms with Crippen LogP contribution in [-0.4, -0.2) is 10.9 Å². The van der Waals surface area contributed by atoms with E-state index < -0.39 is 0 Å². The van der Waals surface area contributed by atoms with Crippen LogP contribution in [0.3, 0.4) is 0 Å². The largest absolute Gasteiger partial charge is 0.265 e. The van der Waals surface area contributed by atoms with Gasteiger partial charge in [-0.1, -0.05) is 0 Å². The zero-order chi connectivity index (χ0) is 7.94. The maximum Gasteiger partial charge on any atom is 0.0270 e. The van der Waals surface area contributed by atoms with E-state index in [0.717, 1.165) is 18.7 Å². The van der Waals surface area contributed by atoms with Crippen LogP contribution in [0, 0.1) is 0 Å². The number of halogens is 1. The van der Waals surface area contributed by atoms with Gasteiger partial charge in [-0.15, -0.1) is 11.6 Å². The van der Waals surface area contributed by atoms with Crippen LogP contribution in [0.1, 0.15) is 18.4 Å². The molecule has 0 saturated heterocycles. The minimum Gasteiger partial charge on any atom is -0.265 e. The van der Waals surface area contributed by atoms with Crippen molar-refractivity contribution in [1.29, 1.82) is 0 Å². The van der Waals surface area contributed by atoms with Gasteiger partial charge in [0.25, 0.3) is 0 Å². The summed E-state index contributed by atoms with van der Waals surface area (Å²) in [6.45, 7) is 0. The second-order valence-corrected chi connectivity index (χ2v) is 2.88. The van der Waals surface area contributed by atoms with Crippen LogP contribution < -0.4 is 0 Å². The summed E-state index contributed by atoms with van der Waals surface area (Å²) in [7, 11) is 0. The topological polar surface area (TPSA) is 12.9 Å². The molecule has 60 valence electrons. The monoisotopic (exact) mass is 169 g/mol. The van der Waals surface area contributed by atoms with E-state index in [1.54, 1.807) is 0 Å². The van der Waals surface area contributed by atoms with Crippen molar-refractivity contribution in [2.75, 3.05) is 5.88 Å². The summed E-state index contributed by atoms with van der Waals surface area (Å²) in [5.74, 6) is 0.769. The lowest BCUT2D eigenvalue weighted by Crippen LogP contribution is -1.85. The van der Waals surface area contributed by atoms with Gasteiger partial charge in [0.2, 0.25) is 0 Å².